The third-order valence-electron chi connectivity index (χ3n) is 3.42. The molecule has 1 aromatic carbocycles. The molecule has 0 saturated carbocycles. The fourth-order valence-electron chi connectivity index (χ4n) is 1.95. The van der Waals surface area contributed by atoms with Crippen LogP contribution in [0.2, 0.25) is 0 Å². The maximum absolute atomic E-state index is 11.7. The lowest BCUT2D eigenvalue weighted by molar-refractivity contribution is -0.138. The summed E-state index contributed by atoms with van der Waals surface area (Å²) >= 11 is 0. The number of benzene rings is 1. The van der Waals surface area contributed by atoms with Gasteiger partial charge in [-0.25, -0.2) is 0 Å². The topological polar surface area (TPSA) is 66.4 Å². The van der Waals surface area contributed by atoms with Crippen molar-refractivity contribution in [2.45, 2.75) is 33.1 Å². The highest BCUT2D eigenvalue weighted by atomic mass is 16.4. The number of carboxylic acids is 1. The molecule has 4 nitrogen and oxygen atoms in total. The van der Waals surface area contributed by atoms with Crippen LogP contribution in [0.4, 0.5) is 0 Å². The summed E-state index contributed by atoms with van der Waals surface area (Å²) in [6, 6.07) is 8.03. The van der Waals surface area contributed by atoms with E-state index >= 15 is 0 Å². The number of aryl methyl sites for hydroxylation is 1. The molecule has 0 aliphatic heterocycles. The van der Waals surface area contributed by atoms with Crippen molar-refractivity contribution in [3.05, 3.63) is 41.5 Å². The lowest BCUT2D eigenvalue weighted by Crippen LogP contribution is -2.28. The van der Waals surface area contributed by atoms with E-state index in [0.717, 1.165) is 18.4 Å². The zero-order valence-electron chi connectivity index (χ0n) is 12.6. The number of carboxylic acid groups (broad SMARTS) is 1. The number of amides is 1. The molecule has 0 fully saturated rings. The molecule has 2 N–H and O–H groups in total. The van der Waals surface area contributed by atoms with E-state index in [1.165, 1.54) is 11.6 Å². The van der Waals surface area contributed by atoms with Gasteiger partial charge in [-0.05, 0) is 29.5 Å². The van der Waals surface area contributed by atoms with Crippen molar-refractivity contribution in [3.8, 4) is 0 Å². The van der Waals surface area contributed by atoms with Crippen LogP contribution in [0.3, 0.4) is 0 Å². The van der Waals surface area contributed by atoms with Gasteiger partial charge < -0.3 is 10.4 Å². The van der Waals surface area contributed by atoms with Crippen molar-refractivity contribution in [1.82, 2.24) is 5.32 Å². The minimum absolute atomic E-state index is 0.0244. The van der Waals surface area contributed by atoms with Gasteiger partial charge in [0.15, 0.2) is 0 Å². The summed E-state index contributed by atoms with van der Waals surface area (Å²) in [5, 5.41) is 11.5. The number of hydrogen-bond acceptors (Lipinski definition) is 2. The first-order valence-corrected chi connectivity index (χ1v) is 7.31. The molecule has 0 aliphatic carbocycles. The quantitative estimate of drug-likeness (QED) is 0.723. The van der Waals surface area contributed by atoms with Crippen molar-refractivity contribution >= 4 is 18.0 Å². The molecule has 0 saturated heterocycles. The molecule has 4 heteroatoms. The Kier molecular flexibility index (Phi) is 7.23. The Morgan fingerprint density at radius 3 is 2.43 bits per heavy atom. The zero-order valence-corrected chi connectivity index (χ0v) is 12.6. The molecule has 1 amide bonds. The van der Waals surface area contributed by atoms with Gasteiger partial charge in [-0.2, -0.15) is 0 Å². The van der Waals surface area contributed by atoms with Crippen molar-refractivity contribution in [2.24, 2.45) is 5.92 Å². The van der Waals surface area contributed by atoms with Gasteiger partial charge in [-0.15, -0.1) is 0 Å². The number of rotatable bonds is 8. The van der Waals surface area contributed by atoms with E-state index < -0.39 is 5.97 Å². The number of carbonyl (C=O) groups excluding carboxylic acids is 1. The highest BCUT2D eigenvalue weighted by molar-refractivity contribution is 5.91. The zero-order chi connectivity index (χ0) is 15.7. The SMILES string of the molecule is CCc1ccc(/C=C/C(=O)NCC(CC)CC(=O)O)cc1. The summed E-state index contributed by atoms with van der Waals surface area (Å²) in [6.45, 7) is 4.41. The monoisotopic (exact) mass is 289 g/mol. The summed E-state index contributed by atoms with van der Waals surface area (Å²) in [4.78, 5) is 22.3. The van der Waals surface area contributed by atoms with E-state index in [1.54, 1.807) is 6.08 Å². The molecule has 21 heavy (non-hydrogen) atoms. The second-order valence-electron chi connectivity index (χ2n) is 5.05. The Morgan fingerprint density at radius 2 is 1.90 bits per heavy atom. The van der Waals surface area contributed by atoms with Crippen molar-refractivity contribution < 1.29 is 14.7 Å². The summed E-state index contributed by atoms with van der Waals surface area (Å²) in [7, 11) is 0. The molecule has 0 bridgehead atoms. The average Bonchev–Trinajstić information content (AvgIpc) is 2.49. The Balaban J connectivity index is 2.44. The molecule has 1 aromatic rings. The highest BCUT2D eigenvalue weighted by Crippen LogP contribution is 2.08. The van der Waals surface area contributed by atoms with Crippen LogP contribution in [-0.2, 0) is 16.0 Å². The minimum Gasteiger partial charge on any atom is -0.481 e. The van der Waals surface area contributed by atoms with Crippen LogP contribution < -0.4 is 5.32 Å². The second kappa shape index (κ2) is 8.95. The summed E-state index contributed by atoms with van der Waals surface area (Å²) in [5.41, 5.74) is 2.23. The fourth-order valence-corrected chi connectivity index (χ4v) is 1.95. The summed E-state index contributed by atoms with van der Waals surface area (Å²) in [6.07, 6.45) is 5.04. The first-order chi connectivity index (χ1) is 10.0. The Bertz CT molecular complexity index is 491. The normalized spacial score (nSPS) is 12.3. The molecular formula is C17H23NO3. The Morgan fingerprint density at radius 1 is 1.24 bits per heavy atom. The van der Waals surface area contributed by atoms with Crippen LogP contribution in [0, 0.1) is 5.92 Å². The van der Waals surface area contributed by atoms with Gasteiger partial charge in [-0.3, -0.25) is 9.59 Å². The standard InChI is InChI=1S/C17H23NO3/c1-3-13-5-7-15(8-6-13)9-10-16(19)18-12-14(4-2)11-17(20)21/h5-10,14H,3-4,11-12H2,1-2H3,(H,18,19)(H,20,21)/b10-9+. The molecule has 1 rings (SSSR count). The van der Waals surface area contributed by atoms with Gasteiger partial charge in [0, 0.05) is 19.0 Å². The maximum Gasteiger partial charge on any atom is 0.303 e. The Hall–Kier alpha value is -2.10. The van der Waals surface area contributed by atoms with Gasteiger partial charge in [0.25, 0.3) is 0 Å². The third-order valence-corrected chi connectivity index (χ3v) is 3.42. The highest BCUT2D eigenvalue weighted by Gasteiger charge is 2.11. The number of carbonyl (C=O) groups is 2. The van der Waals surface area contributed by atoms with Gasteiger partial charge in [0.2, 0.25) is 5.91 Å². The molecule has 0 aliphatic rings. The lowest BCUT2D eigenvalue weighted by Gasteiger charge is -2.12. The third kappa shape index (κ3) is 6.75. The van der Waals surface area contributed by atoms with Crippen molar-refractivity contribution in [2.75, 3.05) is 6.54 Å². The second-order valence-corrected chi connectivity index (χ2v) is 5.05. The van der Waals surface area contributed by atoms with Gasteiger partial charge >= 0.3 is 5.97 Å². The molecule has 1 unspecified atom stereocenters. The van der Waals surface area contributed by atoms with Gasteiger partial charge in [0.05, 0.1) is 0 Å². The number of hydrogen-bond donors (Lipinski definition) is 2. The maximum atomic E-state index is 11.7. The lowest BCUT2D eigenvalue weighted by atomic mass is 10.0. The smallest absolute Gasteiger partial charge is 0.303 e. The van der Waals surface area contributed by atoms with Crippen LogP contribution >= 0.6 is 0 Å². The van der Waals surface area contributed by atoms with E-state index in [2.05, 4.69) is 12.2 Å². The molecule has 0 spiro atoms. The van der Waals surface area contributed by atoms with Crippen molar-refractivity contribution in [3.63, 3.8) is 0 Å². The van der Waals surface area contributed by atoms with Crippen LogP contribution in [0.1, 0.15) is 37.8 Å². The first-order valence-electron chi connectivity index (χ1n) is 7.31. The van der Waals surface area contributed by atoms with Gasteiger partial charge in [0.1, 0.15) is 0 Å². The molecule has 114 valence electrons. The molecular weight excluding hydrogens is 266 g/mol. The summed E-state index contributed by atoms with van der Waals surface area (Å²) < 4.78 is 0. The van der Waals surface area contributed by atoms with E-state index in [-0.39, 0.29) is 18.2 Å². The van der Waals surface area contributed by atoms with E-state index in [0.29, 0.717) is 6.54 Å². The average molecular weight is 289 g/mol. The molecule has 0 aromatic heterocycles. The van der Waals surface area contributed by atoms with Gasteiger partial charge in [-0.1, -0.05) is 44.5 Å². The van der Waals surface area contributed by atoms with Crippen LogP contribution in [0.5, 0.6) is 0 Å². The number of nitrogens with one attached hydrogen (secondary N) is 1. The largest absolute Gasteiger partial charge is 0.481 e. The van der Waals surface area contributed by atoms with Crippen LogP contribution in [0.15, 0.2) is 30.3 Å². The fraction of sp³-hybridized carbons (Fsp3) is 0.412. The Labute approximate surface area is 125 Å². The summed E-state index contributed by atoms with van der Waals surface area (Å²) in [5.74, 6) is -1.05. The number of aliphatic carboxylic acids is 1. The molecule has 1 atom stereocenters. The van der Waals surface area contributed by atoms with E-state index in [1.807, 2.05) is 31.2 Å². The van der Waals surface area contributed by atoms with E-state index in [9.17, 15) is 9.59 Å². The minimum atomic E-state index is -0.831. The van der Waals surface area contributed by atoms with Crippen molar-refractivity contribution in [1.29, 1.82) is 0 Å². The van der Waals surface area contributed by atoms with E-state index in [4.69, 9.17) is 5.11 Å². The predicted octanol–water partition coefficient (Wildman–Crippen LogP) is 2.88. The van der Waals surface area contributed by atoms with Crippen LogP contribution in [-0.4, -0.2) is 23.5 Å². The first kappa shape index (κ1) is 17.0. The molecule has 0 radical (unpaired) electrons. The predicted molar refractivity (Wildman–Crippen MR) is 83.9 cm³/mol. The molecule has 0 heterocycles. The van der Waals surface area contributed by atoms with Crippen LogP contribution in [0.25, 0.3) is 6.08 Å².